The topological polar surface area (TPSA) is 27.7 Å². The van der Waals surface area contributed by atoms with Crippen LogP contribution in [0.25, 0.3) is 6.08 Å². The number of rotatable bonds is 9. The molecule has 0 atom stereocenters. The van der Waals surface area contributed by atoms with Crippen LogP contribution in [0, 0.1) is 0 Å². The molecule has 0 spiro atoms. The lowest BCUT2D eigenvalue weighted by molar-refractivity contribution is -0.103. The molecule has 0 radical (unpaired) electrons. The third-order valence-corrected chi connectivity index (χ3v) is 3.90. The van der Waals surface area contributed by atoms with Gasteiger partial charge in [0.05, 0.1) is 6.61 Å². The third-order valence-electron chi connectivity index (χ3n) is 2.71. The van der Waals surface area contributed by atoms with Crippen LogP contribution in [0.5, 0.6) is 0 Å². The quantitative estimate of drug-likeness (QED) is 0.390. The minimum atomic E-state index is -0.498. The fourth-order valence-electron chi connectivity index (χ4n) is 1.68. The molecule has 0 heterocycles. The molecule has 1 rings (SSSR count). The zero-order valence-electron chi connectivity index (χ0n) is 11.2. The predicted molar refractivity (Wildman–Crippen MR) is 77.1 cm³/mol. The Hall–Kier alpha value is -0.943. The number of hydrogen-bond donors (Lipinski definition) is 0. The molecular weight excluding hydrogens is 244 g/mol. The van der Waals surface area contributed by atoms with Crippen LogP contribution in [0.15, 0.2) is 30.8 Å². The van der Waals surface area contributed by atoms with Gasteiger partial charge in [0.2, 0.25) is 0 Å². The zero-order chi connectivity index (χ0) is 13.2. The molecule has 0 fully saturated rings. The second-order valence-corrected chi connectivity index (χ2v) is 5.57. The summed E-state index contributed by atoms with van der Waals surface area (Å²) in [5, 5.41) is 0. The zero-order valence-corrected chi connectivity index (χ0v) is 12.6. The largest absolute Gasteiger partial charge is 0.420 e. The van der Waals surface area contributed by atoms with E-state index in [-0.39, 0.29) is 6.29 Å². The summed E-state index contributed by atoms with van der Waals surface area (Å²) in [4.78, 5) is 0. The molecule has 0 aliphatic carbocycles. The Kier molecular flexibility index (Phi) is 7.60. The van der Waals surface area contributed by atoms with Gasteiger partial charge in [-0.05, 0) is 29.7 Å². The summed E-state index contributed by atoms with van der Waals surface area (Å²) in [6.07, 6.45) is 2.67. The maximum absolute atomic E-state index is 5.75. The van der Waals surface area contributed by atoms with Gasteiger partial charge >= 0.3 is 0 Å². The normalized spacial score (nSPS) is 11.5. The van der Waals surface area contributed by atoms with Crippen LogP contribution in [0.4, 0.5) is 0 Å². The Morgan fingerprint density at radius 1 is 1.33 bits per heavy atom. The van der Waals surface area contributed by atoms with E-state index in [1.807, 2.05) is 18.2 Å². The summed E-state index contributed by atoms with van der Waals surface area (Å²) >= 11 is 0. The van der Waals surface area contributed by atoms with Crippen molar-refractivity contribution in [2.45, 2.75) is 25.4 Å². The summed E-state index contributed by atoms with van der Waals surface area (Å²) in [6.45, 7) is 4.45. The first-order valence-electron chi connectivity index (χ1n) is 6.15. The van der Waals surface area contributed by atoms with Gasteiger partial charge < -0.3 is 13.9 Å². The van der Waals surface area contributed by atoms with Gasteiger partial charge in [-0.2, -0.15) is 0 Å². The lowest BCUT2D eigenvalue weighted by Crippen LogP contribution is -2.14. The molecule has 1 aromatic rings. The van der Waals surface area contributed by atoms with Crippen LogP contribution in [0.1, 0.15) is 17.5 Å². The average Bonchev–Trinajstić information content (AvgIpc) is 2.43. The molecule has 0 aliphatic heterocycles. The lowest BCUT2D eigenvalue weighted by Gasteiger charge is -2.12. The van der Waals surface area contributed by atoms with Crippen molar-refractivity contribution in [3.63, 3.8) is 0 Å². The molecule has 0 aliphatic rings. The van der Waals surface area contributed by atoms with Crippen molar-refractivity contribution >= 4 is 15.8 Å². The molecule has 100 valence electrons. The Bertz CT molecular complexity index is 351. The van der Waals surface area contributed by atoms with E-state index in [0.29, 0.717) is 6.61 Å². The summed E-state index contributed by atoms with van der Waals surface area (Å²) in [5.74, 6) is 0. The third kappa shape index (κ3) is 5.60. The van der Waals surface area contributed by atoms with E-state index in [2.05, 4.69) is 18.7 Å². The first-order chi connectivity index (χ1) is 8.80. The predicted octanol–water partition coefficient (Wildman–Crippen LogP) is 2.36. The monoisotopic (exact) mass is 266 g/mol. The van der Waals surface area contributed by atoms with Gasteiger partial charge in [0, 0.05) is 14.2 Å². The first kappa shape index (κ1) is 15.1. The number of hydrogen-bond acceptors (Lipinski definition) is 3. The fraction of sp³-hybridized carbons (Fsp3) is 0.429. The van der Waals surface area contributed by atoms with E-state index in [1.165, 1.54) is 5.56 Å². The summed E-state index contributed by atoms with van der Waals surface area (Å²) in [7, 11) is 2.83. The Morgan fingerprint density at radius 2 is 2.11 bits per heavy atom. The van der Waals surface area contributed by atoms with Crippen molar-refractivity contribution in [1.82, 2.24) is 0 Å². The fourth-order valence-corrected chi connectivity index (χ4v) is 2.77. The number of benzene rings is 1. The van der Waals surface area contributed by atoms with Crippen LogP contribution in [-0.2, 0) is 20.5 Å². The molecule has 0 bridgehead atoms. The highest BCUT2D eigenvalue weighted by Crippen LogP contribution is 2.08. The van der Waals surface area contributed by atoms with Crippen LogP contribution in [-0.4, -0.2) is 30.3 Å². The Morgan fingerprint density at radius 3 is 2.78 bits per heavy atom. The van der Waals surface area contributed by atoms with Crippen molar-refractivity contribution in [1.29, 1.82) is 0 Å². The second-order valence-electron chi connectivity index (χ2n) is 4.04. The molecule has 4 heteroatoms. The summed E-state index contributed by atoms with van der Waals surface area (Å²) in [5.41, 5.74) is 2.34. The van der Waals surface area contributed by atoms with Crippen molar-refractivity contribution in [3.8, 4) is 0 Å². The van der Waals surface area contributed by atoms with Crippen molar-refractivity contribution < 1.29 is 13.9 Å². The minimum Gasteiger partial charge on any atom is -0.420 e. The number of methoxy groups -OCH3 is 2. The molecule has 0 aromatic heterocycles. The molecule has 18 heavy (non-hydrogen) atoms. The van der Waals surface area contributed by atoms with E-state index < -0.39 is 9.76 Å². The maximum atomic E-state index is 5.75. The van der Waals surface area contributed by atoms with Gasteiger partial charge in [0.15, 0.2) is 16.1 Å². The first-order valence-corrected chi connectivity index (χ1v) is 7.72. The van der Waals surface area contributed by atoms with Gasteiger partial charge in [-0.1, -0.05) is 30.9 Å². The van der Waals surface area contributed by atoms with Crippen molar-refractivity contribution in [3.05, 3.63) is 42.0 Å². The van der Waals surface area contributed by atoms with Gasteiger partial charge in [-0.15, -0.1) is 0 Å². The van der Waals surface area contributed by atoms with Crippen LogP contribution < -0.4 is 0 Å². The Balaban J connectivity index is 2.19. The van der Waals surface area contributed by atoms with E-state index in [4.69, 9.17) is 13.9 Å². The van der Waals surface area contributed by atoms with Crippen molar-refractivity contribution in [2.24, 2.45) is 0 Å². The molecule has 0 amide bonds. The maximum Gasteiger partial charge on any atom is 0.162 e. The van der Waals surface area contributed by atoms with Crippen molar-refractivity contribution in [2.75, 3.05) is 14.2 Å². The van der Waals surface area contributed by atoms with Crippen LogP contribution in [0.3, 0.4) is 0 Å². The van der Waals surface area contributed by atoms with Gasteiger partial charge in [-0.25, -0.2) is 0 Å². The molecule has 1 aromatic carbocycles. The SMILES string of the molecule is C=Cc1cccc(CO[SiH2]CCC(OC)OC)c1. The molecule has 0 saturated carbocycles. The van der Waals surface area contributed by atoms with Gasteiger partial charge in [0.25, 0.3) is 0 Å². The second kappa shape index (κ2) is 9.05. The van der Waals surface area contributed by atoms with Crippen LogP contribution >= 0.6 is 0 Å². The molecule has 0 unspecified atom stereocenters. The molecule has 0 N–H and O–H groups in total. The molecular formula is C14H22O3Si. The van der Waals surface area contributed by atoms with E-state index >= 15 is 0 Å². The smallest absolute Gasteiger partial charge is 0.162 e. The highest BCUT2D eigenvalue weighted by Gasteiger charge is 2.04. The van der Waals surface area contributed by atoms with E-state index in [0.717, 1.165) is 18.0 Å². The Labute approximate surface area is 112 Å². The highest BCUT2D eigenvalue weighted by atomic mass is 28.2. The lowest BCUT2D eigenvalue weighted by atomic mass is 10.1. The average molecular weight is 266 g/mol. The highest BCUT2D eigenvalue weighted by molar-refractivity contribution is 6.26. The summed E-state index contributed by atoms with van der Waals surface area (Å²) < 4.78 is 16.0. The van der Waals surface area contributed by atoms with Gasteiger partial charge in [0.1, 0.15) is 0 Å². The standard InChI is InChI=1S/C14H22O3Si/c1-4-12-6-5-7-13(10-12)11-17-18-9-8-14(15-2)16-3/h4-7,10,14H,1,8-9,11,18H2,2-3H3. The molecule has 3 nitrogen and oxygen atoms in total. The summed E-state index contributed by atoms with van der Waals surface area (Å²) in [6, 6.07) is 9.31. The van der Waals surface area contributed by atoms with Crippen LogP contribution in [0.2, 0.25) is 6.04 Å². The van der Waals surface area contributed by atoms with E-state index in [1.54, 1.807) is 14.2 Å². The number of ether oxygens (including phenoxy) is 2. The minimum absolute atomic E-state index is 0.0924. The van der Waals surface area contributed by atoms with Gasteiger partial charge in [-0.3, -0.25) is 0 Å². The van der Waals surface area contributed by atoms with E-state index in [9.17, 15) is 0 Å². The molecule has 0 saturated heterocycles.